The number of anilines is 2. The van der Waals surface area contributed by atoms with Crippen LogP contribution >= 0.6 is 0 Å². The summed E-state index contributed by atoms with van der Waals surface area (Å²) in [6.45, 7) is 5.24. The van der Waals surface area contributed by atoms with E-state index in [1.165, 1.54) is 0 Å². The maximum absolute atomic E-state index is 11.3. The number of rotatable bonds is 2. The molecule has 98 valence electrons. The molecule has 1 aromatic rings. The van der Waals surface area contributed by atoms with Crippen molar-refractivity contribution in [2.24, 2.45) is 5.92 Å². The topological polar surface area (TPSA) is 66.6 Å². The molecule has 1 aliphatic heterocycles. The van der Waals surface area contributed by atoms with Gasteiger partial charge in [0.1, 0.15) is 0 Å². The molecule has 1 heterocycles. The molecule has 0 spiro atoms. The molecule has 3 N–H and O–H groups in total. The number of aromatic carboxylic acids is 1. The van der Waals surface area contributed by atoms with Gasteiger partial charge >= 0.3 is 5.97 Å². The van der Waals surface area contributed by atoms with Gasteiger partial charge in [0.25, 0.3) is 0 Å². The second-order valence-electron chi connectivity index (χ2n) is 5.22. The average molecular weight is 248 g/mol. The zero-order valence-corrected chi connectivity index (χ0v) is 10.9. The highest BCUT2D eigenvalue weighted by atomic mass is 16.4. The van der Waals surface area contributed by atoms with Crippen LogP contribution in [0.3, 0.4) is 0 Å². The van der Waals surface area contributed by atoms with Gasteiger partial charge < -0.3 is 15.7 Å². The van der Waals surface area contributed by atoms with E-state index in [4.69, 9.17) is 5.73 Å². The van der Waals surface area contributed by atoms with Gasteiger partial charge in [-0.25, -0.2) is 4.79 Å². The number of para-hydroxylation sites is 1. The molecule has 1 aromatic carbocycles. The molecule has 2 atom stereocenters. The van der Waals surface area contributed by atoms with E-state index in [1.807, 2.05) is 0 Å². The Kier molecular flexibility index (Phi) is 3.45. The van der Waals surface area contributed by atoms with Crippen LogP contribution in [0.1, 0.15) is 37.0 Å². The number of carboxylic acids is 1. The van der Waals surface area contributed by atoms with Crippen molar-refractivity contribution < 1.29 is 9.90 Å². The summed E-state index contributed by atoms with van der Waals surface area (Å²) in [5.41, 5.74) is 7.52. The van der Waals surface area contributed by atoms with Gasteiger partial charge in [-0.3, -0.25) is 0 Å². The third-order valence-electron chi connectivity index (χ3n) is 3.72. The lowest BCUT2D eigenvalue weighted by molar-refractivity contribution is 0.0697. The largest absolute Gasteiger partial charge is 0.478 e. The van der Waals surface area contributed by atoms with Crippen molar-refractivity contribution in [1.82, 2.24) is 0 Å². The zero-order valence-electron chi connectivity index (χ0n) is 10.9. The second kappa shape index (κ2) is 4.88. The van der Waals surface area contributed by atoms with Gasteiger partial charge in [-0.2, -0.15) is 0 Å². The third-order valence-corrected chi connectivity index (χ3v) is 3.72. The minimum atomic E-state index is -0.914. The molecule has 1 saturated heterocycles. The van der Waals surface area contributed by atoms with Crippen molar-refractivity contribution in [2.45, 2.75) is 32.7 Å². The molecular weight excluding hydrogens is 228 g/mol. The summed E-state index contributed by atoms with van der Waals surface area (Å²) in [4.78, 5) is 13.4. The summed E-state index contributed by atoms with van der Waals surface area (Å²) in [5, 5.41) is 9.28. The number of hydrogen-bond donors (Lipinski definition) is 2. The normalized spacial score (nSPS) is 24.0. The van der Waals surface area contributed by atoms with Crippen LogP contribution in [0.25, 0.3) is 0 Å². The summed E-state index contributed by atoms with van der Waals surface area (Å²) >= 11 is 0. The van der Waals surface area contributed by atoms with Gasteiger partial charge in [0.05, 0.1) is 16.9 Å². The summed E-state index contributed by atoms with van der Waals surface area (Å²) in [5.74, 6) is -0.224. The van der Waals surface area contributed by atoms with Crippen molar-refractivity contribution in [3.8, 4) is 0 Å². The quantitative estimate of drug-likeness (QED) is 0.789. The van der Waals surface area contributed by atoms with E-state index in [0.717, 1.165) is 19.4 Å². The molecule has 18 heavy (non-hydrogen) atoms. The molecule has 0 aromatic heterocycles. The van der Waals surface area contributed by atoms with Crippen LogP contribution in [-0.4, -0.2) is 23.7 Å². The van der Waals surface area contributed by atoms with Crippen molar-refractivity contribution in [3.05, 3.63) is 23.8 Å². The first kappa shape index (κ1) is 12.7. The van der Waals surface area contributed by atoms with E-state index in [2.05, 4.69) is 18.7 Å². The van der Waals surface area contributed by atoms with Gasteiger partial charge in [-0.15, -0.1) is 0 Å². The molecule has 1 aliphatic rings. The SMILES string of the molecule is CC1CCN(c2c(N)cccc2C(=O)O)C(C)C1. The Morgan fingerprint density at radius 2 is 2.17 bits per heavy atom. The first-order chi connectivity index (χ1) is 8.50. The molecule has 0 aliphatic carbocycles. The second-order valence-corrected chi connectivity index (χ2v) is 5.22. The Bertz CT molecular complexity index is 459. The molecule has 2 rings (SSSR count). The maximum Gasteiger partial charge on any atom is 0.337 e. The molecule has 0 bridgehead atoms. The highest BCUT2D eigenvalue weighted by Crippen LogP contribution is 2.34. The van der Waals surface area contributed by atoms with Gasteiger partial charge in [0, 0.05) is 12.6 Å². The number of nitrogen functional groups attached to an aromatic ring is 1. The minimum absolute atomic E-state index is 0.302. The molecular formula is C14H20N2O2. The number of carboxylic acid groups (broad SMARTS) is 1. The smallest absolute Gasteiger partial charge is 0.337 e. The van der Waals surface area contributed by atoms with Crippen LogP contribution < -0.4 is 10.6 Å². The predicted octanol–water partition coefficient (Wildman–Crippen LogP) is 2.59. The molecule has 4 nitrogen and oxygen atoms in total. The highest BCUT2D eigenvalue weighted by molar-refractivity contribution is 5.98. The first-order valence-electron chi connectivity index (χ1n) is 6.39. The number of piperidine rings is 1. The number of nitrogens with zero attached hydrogens (tertiary/aromatic N) is 1. The number of carbonyl (C=O) groups is 1. The fraction of sp³-hybridized carbons (Fsp3) is 0.500. The Labute approximate surface area is 107 Å². The molecule has 0 saturated carbocycles. The minimum Gasteiger partial charge on any atom is -0.478 e. The van der Waals surface area contributed by atoms with Crippen molar-refractivity contribution in [3.63, 3.8) is 0 Å². The zero-order chi connectivity index (χ0) is 13.3. The van der Waals surface area contributed by atoms with Crippen molar-refractivity contribution in [1.29, 1.82) is 0 Å². The Hall–Kier alpha value is -1.71. The summed E-state index contributed by atoms with van der Waals surface area (Å²) < 4.78 is 0. The van der Waals surface area contributed by atoms with Gasteiger partial charge in [-0.1, -0.05) is 13.0 Å². The molecule has 2 unspecified atom stereocenters. The van der Waals surface area contributed by atoms with Crippen molar-refractivity contribution in [2.75, 3.05) is 17.2 Å². The molecule has 0 amide bonds. The third kappa shape index (κ3) is 2.28. The number of hydrogen-bond acceptors (Lipinski definition) is 3. The van der Waals surface area contributed by atoms with Gasteiger partial charge in [-0.05, 0) is 37.8 Å². The predicted molar refractivity (Wildman–Crippen MR) is 73.0 cm³/mol. The molecule has 0 radical (unpaired) electrons. The monoisotopic (exact) mass is 248 g/mol. The van der Waals surface area contributed by atoms with E-state index < -0.39 is 5.97 Å². The number of nitrogens with two attached hydrogens (primary N) is 1. The lowest BCUT2D eigenvalue weighted by Crippen LogP contribution is -2.41. The van der Waals surface area contributed by atoms with Crippen LogP contribution in [0, 0.1) is 5.92 Å². The standard InChI is InChI=1S/C14H20N2O2/c1-9-6-7-16(10(2)8-9)13-11(14(17)18)4-3-5-12(13)15/h3-5,9-10H,6-8,15H2,1-2H3,(H,17,18). The molecule has 1 fully saturated rings. The highest BCUT2D eigenvalue weighted by Gasteiger charge is 2.27. The maximum atomic E-state index is 11.3. The van der Waals surface area contributed by atoms with E-state index in [9.17, 15) is 9.90 Å². The molecule has 4 heteroatoms. The van der Waals surface area contributed by atoms with Crippen LogP contribution in [0.15, 0.2) is 18.2 Å². The van der Waals surface area contributed by atoms with E-state index in [-0.39, 0.29) is 0 Å². The summed E-state index contributed by atoms with van der Waals surface area (Å²) in [6.07, 6.45) is 2.16. The van der Waals surface area contributed by atoms with Crippen LogP contribution in [0.4, 0.5) is 11.4 Å². The van der Waals surface area contributed by atoms with Crippen LogP contribution in [-0.2, 0) is 0 Å². The van der Waals surface area contributed by atoms with E-state index >= 15 is 0 Å². The van der Waals surface area contributed by atoms with E-state index in [0.29, 0.717) is 28.9 Å². The summed E-state index contributed by atoms with van der Waals surface area (Å²) in [7, 11) is 0. The summed E-state index contributed by atoms with van der Waals surface area (Å²) in [6, 6.07) is 5.42. The fourth-order valence-corrected chi connectivity index (χ4v) is 2.79. The van der Waals surface area contributed by atoms with E-state index in [1.54, 1.807) is 18.2 Å². The Morgan fingerprint density at radius 1 is 1.44 bits per heavy atom. The Balaban J connectivity index is 2.41. The lowest BCUT2D eigenvalue weighted by Gasteiger charge is -2.39. The first-order valence-corrected chi connectivity index (χ1v) is 6.39. The van der Waals surface area contributed by atoms with Gasteiger partial charge in [0.2, 0.25) is 0 Å². The number of benzene rings is 1. The van der Waals surface area contributed by atoms with Crippen molar-refractivity contribution >= 4 is 17.3 Å². The average Bonchev–Trinajstić information content (AvgIpc) is 2.29. The fourth-order valence-electron chi connectivity index (χ4n) is 2.79. The van der Waals surface area contributed by atoms with Crippen LogP contribution in [0.5, 0.6) is 0 Å². The van der Waals surface area contributed by atoms with Gasteiger partial charge in [0.15, 0.2) is 0 Å². The van der Waals surface area contributed by atoms with Crippen LogP contribution in [0.2, 0.25) is 0 Å². The Morgan fingerprint density at radius 3 is 2.78 bits per heavy atom. The lowest BCUT2D eigenvalue weighted by atomic mass is 9.92.